The lowest BCUT2D eigenvalue weighted by Gasteiger charge is -2.37. The van der Waals surface area contributed by atoms with Crippen LogP contribution in [0.25, 0.3) is 0 Å². The van der Waals surface area contributed by atoms with E-state index >= 15 is 0 Å². The summed E-state index contributed by atoms with van der Waals surface area (Å²) < 4.78 is 5.64. The molecular weight excluding hydrogens is 214 g/mol. The van der Waals surface area contributed by atoms with Crippen LogP contribution in [-0.2, 0) is 4.74 Å². The van der Waals surface area contributed by atoms with Gasteiger partial charge >= 0.3 is 0 Å². The topological polar surface area (TPSA) is 41.1 Å². The Morgan fingerprint density at radius 2 is 2.24 bits per heavy atom. The van der Waals surface area contributed by atoms with Crippen molar-refractivity contribution < 1.29 is 4.74 Å². The summed E-state index contributed by atoms with van der Waals surface area (Å²) in [5.41, 5.74) is 3.60. The quantitative estimate of drug-likeness (QED) is 0.875. The highest BCUT2D eigenvalue weighted by Crippen LogP contribution is 2.28. The summed E-state index contributed by atoms with van der Waals surface area (Å²) in [6.07, 6.45) is 0. The Morgan fingerprint density at radius 1 is 1.47 bits per heavy atom. The second kappa shape index (κ2) is 5.19. The van der Waals surface area contributed by atoms with Crippen LogP contribution in [0, 0.1) is 19.8 Å². The van der Waals surface area contributed by atoms with Crippen LogP contribution in [0.15, 0.2) is 0 Å². The molecule has 0 saturated carbocycles. The highest BCUT2D eigenvalue weighted by Gasteiger charge is 2.28. The predicted molar refractivity (Wildman–Crippen MR) is 68.0 cm³/mol. The molecular formula is C13H23N3O. The first kappa shape index (κ1) is 12.6. The van der Waals surface area contributed by atoms with E-state index in [4.69, 9.17) is 4.74 Å². The van der Waals surface area contributed by atoms with E-state index in [0.29, 0.717) is 12.0 Å². The van der Waals surface area contributed by atoms with Crippen LogP contribution in [0.4, 0.5) is 0 Å². The molecule has 1 atom stereocenters. The summed E-state index contributed by atoms with van der Waals surface area (Å²) in [4.78, 5) is 2.53. The van der Waals surface area contributed by atoms with Crippen molar-refractivity contribution in [3.63, 3.8) is 0 Å². The van der Waals surface area contributed by atoms with Gasteiger partial charge in [0.05, 0.1) is 24.9 Å². The Bertz CT molecular complexity index is 353. The van der Waals surface area contributed by atoms with E-state index < -0.39 is 0 Å². The van der Waals surface area contributed by atoms with Crippen molar-refractivity contribution in [2.24, 2.45) is 5.92 Å². The van der Waals surface area contributed by atoms with Gasteiger partial charge in [0, 0.05) is 24.3 Å². The largest absolute Gasteiger partial charge is 0.378 e. The van der Waals surface area contributed by atoms with Gasteiger partial charge in [0.1, 0.15) is 0 Å². The summed E-state index contributed by atoms with van der Waals surface area (Å²) in [5, 5.41) is 7.37. The van der Waals surface area contributed by atoms with Gasteiger partial charge in [0.2, 0.25) is 0 Å². The zero-order valence-corrected chi connectivity index (χ0v) is 11.3. The van der Waals surface area contributed by atoms with Gasteiger partial charge in [-0.05, 0) is 19.8 Å². The molecule has 1 unspecified atom stereocenters. The number of nitrogens with one attached hydrogen (secondary N) is 1. The molecule has 1 aliphatic rings. The normalized spacial score (nSPS) is 22.3. The van der Waals surface area contributed by atoms with Gasteiger partial charge in [-0.25, -0.2) is 0 Å². The molecule has 0 bridgehead atoms. The molecule has 1 aliphatic heterocycles. The van der Waals surface area contributed by atoms with Crippen molar-refractivity contribution in [3.05, 3.63) is 17.0 Å². The fourth-order valence-corrected chi connectivity index (χ4v) is 2.64. The van der Waals surface area contributed by atoms with E-state index in [1.165, 1.54) is 11.3 Å². The number of hydrogen-bond donors (Lipinski definition) is 1. The summed E-state index contributed by atoms with van der Waals surface area (Å²) in [6.45, 7) is 12.5. The Labute approximate surface area is 103 Å². The molecule has 1 fully saturated rings. The summed E-state index contributed by atoms with van der Waals surface area (Å²) in [7, 11) is 0. The third kappa shape index (κ3) is 2.69. The number of morpholine rings is 1. The summed E-state index contributed by atoms with van der Waals surface area (Å²) in [6, 6.07) is 0.366. The number of aromatic nitrogens is 2. The number of hydrogen-bond acceptors (Lipinski definition) is 3. The third-order valence-electron chi connectivity index (χ3n) is 3.36. The van der Waals surface area contributed by atoms with Crippen LogP contribution >= 0.6 is 0 Å². The fraction of sp³-hybridized carbons (Fsp3) is 0.769. The second-order valence-corrected chi connectivity index (χ2v) is 5.33. The lowest BCUT2D eigenvalue weighted by molar-refractivity contribution is -0.0138. The minimum absolute atomic E-state index is 0.366. The first-order valence-corrected chi connectivity index (χ1v) is 6.43. The zero-order chi connectivity index (χ0) is 12.4. The molecule has 0 aromatic carbocycles. The van der Waals surface area contributed by atoms with Gasteiger partial charge in [-0.1, -0.05) is 13.8 Å². The Hall–Kier alpha value is -0.870. The number of ether oxygens (including phenoxy) is 1. The average Bonchev–Trinajstić information content (AvgIpc) is 2.59. The van der Waals surface area contributed by atoms with Crippen LogP contribution in [0.1, 0.15) is 36.8 Å². The Balaban J connectivity index is 2.21. The molecule has 2 heterocycles. The third-order valence-corrected chi connectivity index (χ3v) is 3.36. The van der Waals surface area contributed by atoms with Crippen molar-refractivity contribution in [1.29, 1.82) is 0 Å². The standard InChI is InChI=1S/C13H23N3O/c1-9(2)7-16-5-6-17-8-12(16)13-10(3)14-15-11(13)4/h9,12H,5-8H2,1-4H3,(H,14,15). The predicted octanol–water partition coefficient (Wildman–Crippen LogP) is 2.06. The van der Waals surface area contributed by atoms with Crippen molar-refractivity contribution in [1.82, 2.24) is 15.1 Å². The van der Waals surface area contributed by atoms with Crippen LogP contribution in [0.3, 0.4) is 0 Å². The van der Waals surface area contributed by atoms with Crippen molar-refractivity contribution in [2.75, 3.05) is 26.3 Å². The zero-order valence-electron chi connectivity index (χ0n) is 11.3. The van der Waals surface area contributed by atoms with Gasteiger partial charge in [0.25, 0.3) is 0 Å². The van der Waals surface area contributed by atoms with Gasteiger partial charge in [-0.2, -0.15) is 5.10 Å². The summed E-state index contributed by atoms with van der Waals surface area (Å²) >= 11 is 0. The maximum atomic E-state index is 5.64. The molecule has 17 heavy (non-hydrogen) atoms. The molecule has 0 aliphatic carbocycles. The smallest absolute Gasteiger partial charge is 0.0665 e. The van der Waals surface area contributed by atoms with E-state index in [1.807, 2.05) is 0 Å². The van der Waals surface area contributed by atoms with Gasteiger partial charge in [-0.15, -0.1) is 0 Å². The number of nitrogens with zero attached hydrogens (tertiary/aromatic N) is 2. The molecule has 1 saturated heterocycles. The monoisotopic (exact) mass is 237 g/mol. The van der Waals surface area contributed by atoms with Gasteiger partial charge in [0.15, 0.2) is 0 Å². The lowest BCUT2D eigenvalue weighted by atomic mass is 10.0. The molecule has 4 nitrogen and oxygen atoms in total. The SMILES string of the molecule is Cc1n[nH]c(C)c1C1COCCN1CC(C)C. The molecule has 96 valence electrons. The minimum Gasteiger partial charge on any atom is -0.378 e. The minimum atomic E-state index is 0.366. The highest BCUT2D eigenvalue weighted by molar-refractivity contribution is 5.27. The first-order valence-electron chi connectivity index (χ1n) is 6.43. The molecule has 1 N–H and O–H groups in total. The molecule has 1 aromatic heterocycles. The van der Waals surface area contributed by atoms with Crippen LogP contribution < -0.4 is 0 Å². The molecule has 0 spiro atoms. The lowest BCUT2D eigenvalue weighted by Crippen LogP contribution is -2.41. The second-order valence-electron chi connectivity index (χ2n) is 5.33. The first-order chi connectivity index (χ1) is 8.09. The van der Waals surface area contributed by atoms with E-state index in [1.54, 1.807) is 0 Å². The maximum Gasteiger partial charge on any atom is 0.0665 e. The Kier molecular flexibility index (Phi) is 3.84. The molecule has 0 radical (unpaired) electrons. The maximum absolute atomic E-state index is 5.64. The number of rotatable bonds is 3. The van der Waals surface area contributed by atoms with E-state index in [0.717, 1.165) is 32.0 Å². The molecule has 0 amide bonds. The van der Waals surface area contributed by atoms with E-state index in [-0.39, 0.29) is 0 Å². The fourth-order valence-electron chi connectivity index (χ4n) is 2.64. The van der Waals surface area contributed by atoms with Crippen molar-refractivity contribution in [3.8, 4) is 0 Å². The van der Waals surface area contributed by atoms with Gasteiger partial charge in [-0.3, -0.25) is 10.00 Å². The van der Waals surface area contributed by atoms with Gasteiger partial charge < -0.3 is 4.74 Å². The van der Waals surface area contributed by atoms with E-state index in [9.17, 15) is 0 Å². The number of H-pyrrole nitrogens is 1. The van der Waals surface area contributed by atoms with Crippen molar-refractivity contribution in [2.45, 2.75) is 33.7 Å². The highest BCUT2D eigenvalue weighted by atomic mass is 16.5. The van der Waals surface area contributed by atoms with Crippen LogP contribution in [-0.4, -0.2) is 41.4 Å². The van der Waals surface area contributed by atoms with Crippen LogP contribution in [0.2, 0.25) is 0 Å². The molecule has 2 rings (SSSR count). The number of aromatic amines is 1. The molecule has 1 aromatic rings. The average molecular weight is 237 g/mol. The van der Waals surface area contributed by atoms with E-state index in [2.05, 4.69) is 42.8 Å². The summed E-state index contributed by atoms with van der Waals surface area (Å²) in [5.74, 6) is 0.683. The van der Waals surface area contributed by atoms with Crippen LogP contribution in [0.5, 0.6) is 0 Å². The number of aryl methyl sites for hydroxylation is 2. The molecule has 4 heteroatoms. The van der Waals surface area contributed by atoms with Crippen molar-refractivity contribution >= 4 is 0 Å². The Morgan fingerprint density at radius 3 is 2.82 bits per heavy atom.